The Morgan fingerprint density at radius 1 is 1.47 bits per heavy atom. The van der Waals surface area contributed by atoms with Crippen molar-refractivity contribution < 1.29 is 9.84 Å². The minimum absolute atomic E-state index is 0.0855. The van der Waals surface area contributed by atoms with Crippen LogP contribution in [0.2, 0.25) is 0 Å². The summed E-state index contributed by atoms with van der Waals surface area (Å²) in [7, 11) is 1.68. The van der Waals surface area contributed by atoms with E-state index in [4.69, 9.17) is 4.74 Å². The van der Waals surface area contributed by atoms with Crippen molar-refractivity contribution >= 4 is 0 Å². The third-order valence-corrected chi connectivity index (χ3v) is 4.11. The molecule has 96 valence electrons. The topological polar surface area (TPSA) is 47.3 Å². The summed E-state index contributed by atoms with van der Waals surface area (Å²) in [6, 6.07) is 1.93. The highest BCUT2D eigenvalue weighted by atomic mass is 16.5. The number of methoxy groups -OCH3 is 1. The fraction of sp³-hybridized carbons (Fsp3) is 0.769. The lowest BCUT2D eigenvalue weighted by atomic mass is 9.76. The molecule has 2 rings (SSSR count). The molecule has 1 heterocycles. The number of aromatic nitrogens is 2. The van der Waals surface area contributed by atoms with Crippen LogP contribution >= 0.6 is 0 Å². The molecule has 1 N–H and O–H groups in total. The maximum absolute atomic E-state index is 11.0. The molecule has 0 aliphatic heterocycles. The molecule has 1 atom stereocenters. The van der Waals surface area contributed by atoms with Gasteiger partial charge in [-0.3, -0.25) is 4.68 Å². The van der Waals surface area contributed by atoms with E-state index in [-0.39, 0.29) is 5.41 Å². The van der Waals surface area contributed by atoms with Crippen LogP contribution in [-0.2, 0) is 16.9 Å². The van der Waals surface area contributed by atoms with Crippen molar-refractivity contribution in [3.05, 3.63) is 18.0 Å². The summed E-state index contributed by atoms with van der Waals surface area (Å²) < 4.78 is 6.95. The van der Waals surface area contributed by atoms with Gasteiger partial charge in [-0.15, -0.1) is 0 Å². The van der Waals surface area contributed by atoms with Gasteiger partial charge in [-0.1, -0.05) is 13.8 Å². The monoisotopic (exact) mass is 238 g/mol. The second-order valence-electron chi connectivity index (χ2n) is 5.53. The molecule has 0 amide bonds. The molecular formula is C13H22N2O2. The first kappa shape index (κ1) is 12.6. The molecule has 1 fully saturated rings. The molecule has 1 saturated carbocycles. The first-order valence-corrected chi connectivity index (χ1v) is 6.25. The van der Waals surface area contributed by atoms with Crippen LogP contribution in [0.1, 0.15) is 38.8 Å². The van der Waals surface area contributed by atoms with Crippen LogP contribution in [-0.4, -0.2) is 28.6 Å². The largest absolute Gasteiger partial charge is 0.383 e. The molecule has 0 spiro atoms. The predicted octanol–water partition coefficient (Wildman–Crippen LogP) is 1.93. The molecule has 1 aromatic rings. The number of hydrogen-bond donors (Lipinski definition) is 1. The Morgan fingerprint density at radius 2 is 2.24 bits per heavy atom. The molecule has 4 nitrogen and oxygen atoms in total. The summed E-state index contributed by atoms with van der Waals surface area (Å²) in [4.78, 5) is 0. The fourth-order valence-corrected chi connectivity index (χ4v) is 2.85. The van der Waals surface area contributed by atoms with E-state index in [9.17, 15) is 5.11 Å². The van der Waals surface area contributed by atoms with Crippen molar-refractivity contribution in [2.45, 2.75) is 45.3 Å². The van der Waals surface area contributed by atoms with Crippen LogP contribution in [0.3, 0.4) is 0 Å². The Bertz CT molecular complexity index is 387. The smallest absolute Gasteiger partial charge is 0.111 e. The molecule has 1 aliphatic rings. The Morgan fingerprint density at radius 3 is 2.82 bits per heavy atom. The summed E-state index contributed by atoms with van der Waals surface area (Å²) in [5.74, 6) is 0. The molecule has 0 aromatic carbocycles. The van der Waals surface area contributed by atoms with Gasteiger partial charge in [-0.25, -0.2) is 0 Å². The lowest BCUT2D eigenvalue weighted by molar-refractivity contribution is -0.0562. The van der Waals surface area contributed by atoms with Crippen molar-refractivity contribution in [1.29, 1.82) is 0 Å². The number of nitrogens with zero attached hydrogens (tertiary/aromatic N) is 2. The average Bonchev–Trinajstić information content (AvgIpc) is 2.82. The van der Waals surface area contributed by atoms with Gasteiger partial charge in [0.25, 0.3) is 0 Å². The number of rotatable bonds is 4. The Kier molecular flexibility index (Phi) is 3.27. The number of hydrogen-bond acceptors (Lipinski definition) is 3. The highest BCUT2D eigenvalue weighted by Gasteiger charge is 2.50. The molecule has 1 aromatic heterocycles. The van der Waals surface area contributed by atoms with Crippen LogP contribution in [0, 0.1) is 5.41 Å². The quantitative estimate of drug-likeness (QED) is 0.872. The lowest BCUT2D eigenvalue weighted by Gasteiger charge is -2.37. The van der Waals surface area contributed by atoms with Gasteiger partial charge in [0.1, 0.15) is 5.60 Å². The Labute approximate surface area is 103 Å². The second-order valence-corrected chi connectivity index (χ2v) is 5.53. The fourth-order valence-electron chi connectivity index (χ4n) is 2.85. The highest BCUT2D eigenvalue weighted by Crippen LogP contribution is 2.51. The zero-order valence-corrected chi connectivity index (χ0v) is 10.9. The molecule has 17 heavy (non-hydrogen) atoms. The molecule has 0 bridgehead atoms. The first-order valence-electron chi connectivity index (χ1n) is 6.25. The van der Waals surface area contributed by atoms with Crippen molar-refractivity contribution in [3.8, 4) is 0 Å². The van der Waals surface area contributed by atoms with E-state index in [1.165, 1.54) is 0 Å². The van der Waals surface area contributed by atoms with Crippen LogP contribution in [0.15, 0.2) is 12.3 Å². The minimum atomic E-state index is -0.753. The maximum Gasteiger partial charge on any atom is 0.111 e. The van der Waals surface area contributed by atoms with E-state index in [1.807, 2.05) is 10.7 Å². The van der Waals surface area contributed by atoms with E-state index >= 15 is 0 Å². The SMILES string of the molecule is COCCn1nccc1C1(O)CCCC1(C)C. The predicted molar refractivity (Wildman–Crippen MR) is 65.6 cm³/mol. The summed E-state index contributed by atoms with van der Waals surface area (Å²) in [5.41, 5.74) is 0.0896. The average molecular weight is 238 g/mol. The van der Waals surface area contributed by atoms with Gasteiger partial charge in [0.2, 0.25) is 0 Å². The van der Waals surface area contributed by atoms with E-state index < -0.39 is 5.60 Å². The van der Waals surface area contributed by atoms with Crippen LogP contribution in [0.4, 0.5) is 0 Å². The van der Waals surface area contributed by atoms with Gasteiger partial charge in [-0.2, -0.15) is 5.10 Å². The normalized spacial score (nSPS) is 27.5. The summed E-state index contributed by atoms with van der Waals surface area (Å²) in [6.07, 6.45) is 4.70. The van der Waals surface area contributed by atoms with Crippen molar-refractivity contribution in [1.82, 2.24) is 9.78 Å². The molecule has 1 unspecified atom stereocenters. The van der Waals surface area contributed by atoms with Gasteiger partial charge >= 0.3 is 0 Å². The zero-order valence-electron chi connectivity index (χ0n) is 10.9. The Hall–Kier alpha value is -0.870. The molecule has 0 saturated heterocycles. The minimum Gasteiger partial charge on any atom is -0.383 e. The van der Waals surface area contributed by atoms with E-state index in [1.54, 1.807) is 13.3 Å². The standard InChI is InChI=1S/C13H22N2O2/c1-12(2)6-4-7-13(12,16)11-5-8-14-15(11)9-10-17-3/h5,8,16H,4,6-7,9-10H2,1-3H3. The van der Waals surface area contributed by atoms with E-state index in [0.29, 0.717) is 13.2 Å². The third kappa shape index (κ3) is 2.00. The van der Waals surface area contributed by atoms with Gasteiger partial charge in [0.15, 0.2) is 0 Å². The maximum atomic E-state index is 11.0. The van der Waals surface area contributed by atoms with Crippen LogP contribution in [0.25, 0.3) is 0 Å². The lowest BCUT2D eigenvalue weighted by Crippen LogP contribution is -2.39. The van der Waals surface area contributed by atoms with Crippen molar-refractivity contribution in [3.63, 3.8) is 0 Å². The number of ether oxygens (including phenoxy) is 1. The zero-order chi connectivity index (χ0) is 12.5. The molecule has 1 aliphatic carbocycles. The summed E-state index contributed by atoms with van der Waals surface area (Å²) >= 11 is 0. The van der Waals surface area contributed by atoms with Gasteiger partial charge < -0.3 is 9.84 Å². The van der Waals surface area contributed by atoms with Crippen molar-refractivity contribution in [2.75, 3.05) is 13.7 Å². The van der Waals surface area contributed by atoms with Gasteiger partial charge in [0, 0.05) is 13.3 Å². The summed E-state index contributed by atoms with van der Waals surface area (Å²) in [5, 5.41) is 15.2. The second kappa shape index (κ2) is 4.42. The van der Waals surface area contributed by atoms with E-state index in [2.05, 4.69) is 18.9 Å². The van der Waals surface area contributed by atoms with Crippen LogP contribution in [0.5, 0.6) is 0 Å². The van der Waals surface area contributed by atoms with E-state index in [0.717, 1.165) is 25.0 Å². The summed E-state index contributed by atoms with van der Waals surface area (Å²) in [6.45, 7) is 5.57. The third-order valence-electron chi connectivity index (χ3n) is 4.11. The van der Waals surface area contributed by atoms with Crippen molar-refractivity contribution in [2.24, 2.45) is 5.41 Å². The van der Waals surface area contributed by atoms with Gasteiger partial charge in [-0.05, 0) is 30.7 Å². The van der Waals surface area contributed by atoms with Crippen LogP contribution < -0.4 is 0 Å². The van der Waals surface area contributed by atoms with Gasteiger partial charge in [0.05, 0.1) is 18.8 Å². The number of aliphatic hydroxyl groups is 1. The highest BCUT2D eigenvalue weighted by molar-refractivity contribution is 5.18. The molecular weight excluding hydrogens is 216 g/mol. The molecule has 4 heteroatoms. The Balaban J connectivity index is 2.30. The molecule has 0 radical (unpaired) electrons. The first-order chi connectivity index (χ1) is 8.01.